The Bertz CT molecular complexity index is 423. The molecule has 1 unspecified atom stereocenters. The number of nitrogens with zero attached hydrogens (tertiary/aromatic N) is 1. The largest absolute Gasteiger partial charge is 0.494 e. The van der Waals surface area contributed by atoms with Crippen molar-refractivity contribution in [1.29, 1.82) is 0 Å². The van der Waals surface area contributed by atoms with E-state index < -0.39 is 17.8 Å². The van der Waals surface area contributed by atoms with Crippen LogP contribution in [0, 0.1) is 5.82 Å². The van der Waals surface area contributed by atoms with Gasteiger partial charge in [-0.05, 0) is 19.5 Å². The van der Waals surface area contributed by atoms with Gasteiger partial charge in [0, 0.05) is 12.1 Å². The summed E-state index contributed by atoms with van der Waals surface area (Å²) in [6.07, 6.45) is 0.470. The molecule has 0 fully saturated rings. The molecular weight excluding hydrogens is 237 g/mol. The molecule has 0 heterocycles. The molecule has 1 N–H and O–H groups in total. The van der Waals surface area contributed by atoms with Crippen LogP contribution in [0.5, 0.6) is 5.75 Å². The summed E-state index contributed by atoms with van der Waals surface area (Å²) in [5, 5.41) is 9.03. The highest BCUT2D eigenvalue weighted by atomic mass is 19.1. The van der Waals surface area contributed by atoms with Crippen molar-refractivity contribution in [1.82, 2.24) is 4.90 Å². The van der Waals surface area contributed by atoms with E-state index >= 15 is 0 Å². The third-order valence-electron chi connectivity index (χ3n) is 2.89. The molecule has 0 aromatic heterocycles. The fourth-order valence-corrected chi connectivity index (χ4v) is 1.89. The van der Waals surface area contributed by atoms with Crippen LogP contribution >= 0.6 is 0 Å². The van der Waals surface area contributed by atoms with Crippen LogP contribution in [0.4, 0.5) is 4.39 Å². The SMILES string of the molecule is CCC(C(=O)O)N(C)Cc1cccc(OC)c1F. The van der Waals surface area contributed by atoms with Crippen LogP contribution in [-0.2, 0) is 11.3 Å². The number of methoxy groups -OCH3 is 1. The molecule has 0 aliphatic rings. The number of hydrogen-bond acceptors (Lipinski definition) is 3. The molecule has 1 aromatic rings. The molecular formula is C13H18FNO3. The van der Waals surface area contributed by atoms with Gasteiger partial charge in [0.05, 0.1) is 7.11 Å². The summed E-state index contributed by atoms with van der Waals surface area (Å²) in [5.41, 5.74) is 0.427. The zero-order valence-corrected chi connectivity index (χ0v) is 10.8. The molecule has 0 aliphatic carbocycles. The summed E-state index contributed by atoms with van der Waals surface area (Å²) in [4.78, 5) is 12.6. The van der Waals surface area contributed by atoms with E-state index in [1.54, 1.807) is 31.0 Å². The lowest BCUT2D eigenvalue weighted by atomic mass is 10.1. The lowest BCUT2D eigenvalue weighted by molar-refractivity contribution is -0.143. The Hall–Kier alpha value is -1.62. The summed E-state index contributed by atoms with van der Waals surface area (Å²) in [6, 6.07) is 4.24. The topological polar surface area (TPSA) is 49.8 Å². The molecule has 0 saturated heterocycles. The zero-order chi connectivity index (χ0) is 13.7. The normalized spacial score (nSPS) is 12.5. The Balaban J connectivity index is 2.87. The Kier molecular flexibility index (Phi) is 5.09. The molecule has 0 bridgehead atoms. The van der Waals surface area contributed by atoms with Gasteiger partial charge in [0.2, 0.25) is 0 Å². The summed E-state index contributed by atoms with van der Waals surface area (Å²) in [5.74, 6) is -1.17. The summed E-state index contributed by atoms with van der Waals surface area (Å²) in [6.45, 7) is 2.02. The molecule has 0 amide bonds. The monoisotopic (exact) mass is 255 g/mol. The van der Waals surface area contributed by atoms with Gasteiger partial charge in [-0.15, -0.1) is 0 Å². The number of rotatable bonds is 6. The molecule has 1 aromatic carbocycles. The maximum atomic E-state index is 13.9. The van der Waals surface area contributed by atoms with E-state index in [0.29, 0.717) is 12.0 Å². The maximum Gasteiger partial charge on any atom is 0.320 e. The first-order chi connectivity index (χ1) is 8.51. The number of aliphatic carboxylic acids is 1. The summed E-state index contributed by atoms with van der Waals surface area (Å²) in [7, 11) is 3.07. The number of hydrogen-bond donors (Lipinski definition) is 1. The Labute approximate surface area is 106 Å². The van der Waals surface area contributed by atoms with Crippen molar-refractivity contribution >= 4 is 5.97 Å². The third kappa shape index (κ3) is 3.20. The average Bonchev–Trinajstić information content (AvgIpc) is 2.32. The predicted molar refractivity (Wildman–Crippen MR) is 66.1 cm³/mol. The van der Waals surface area contributed by atoms with Gasteiger partial charge < -0.3 is 9.84 Å². The summed E-state index contributed by atoms with van der Waals surface area (Å²) < 4.78 is 18.8. The number of carbonyl (C=O) groups is 1. The number of likely N-dealkylation sites (N-methyl/N-ethyl adjacent to an activating group) is 1. The summed E-state index contributed by atoms with van der Waals surface area (Å²) >= 11 is 0. The number of halogens is 1. The molecule has 0 saturated carbocycles. The van der Waals surface area contributed by atoms with Gasteiger partial charge in [0.15, 0.2) is 11.6 Å². The van der Waals surface area contributed by atoms with Crippen molar-refractivity contribution in [2.45, 2.75) is 25.9 Å². The van der Waals surface area contributed by atoms with Crippen molar-refractivity contribution < 1.29 is 19.0 Å². The molecule has 5 heteroatoms. The predicted octanol–water partition coefficient (Wildman–Crippen LogP) is 2.13. The number of carboxylic acids is 1. The van der Waals surface area contributed by atoms with E-state index in [4.69, 9.17) is 9.84 Å². The van der Waals surface area contributed by atoms with Gasteiger partial charge >= 0.3 is 5.97 Å². The van der Waals surface area contributed by atoms with E-state index in [0.717, 1.165) is 0 Å². The zero-order valence-electron chi connectivity index (χ0n) is 10.8. The van der Waals surface area contributed by atoms with E-state index in [2.05, 4.69) is 0 Å². The first-order valence-electron chi connectivity index (χ1n) is 5.75. The first-order valence-corrected chi connectivity index (χ1v) is 5.75. The second kappa shape index (κ2) is 6.35. The van der Waals surface area contributed by atoms with Gasteiger partial charge in [0.25, 0.3) is 0 Å². The average molecular weight is 255 g/mol. The van der Waals surface area contributed by atoms with E-state index in [1.807, 2.05) is 0 Å². The van der Waals surface area contributed by atoms with Crippen LogP contribution in [0.1, 0.15) is 18.9 Å². The van der Waals surface area contributed by atoms with Crippen molar-refractivity contribution in [3.05, 3.63) is 29.6 Å². The van der Waals surface area contributed by atoms with E-state index in [-0.39, 0.29) is 12.3 Å². The Morgan fingerprint density at radius 2 is 2.22 bits per heavy atom. The van der Waals surface area contributed by atoms with Crippen LogP contribution < -0.4 is 4.74 Å². The van der Waals surface area contributed by atoms with Gasteiger partial charge in [0.1, 0.15) is 6.04 Å². The van der Waals surface area contributed by atoms with Crippen LogP contribution in [0.3, 0.4) is 0 Å². The van der Waals surface area contributed by atoms with Crippen molar-refractivity contribution in [3.63, 3.8) is 0 Å². The van der Waals surface area contributed by atoms with Crippen LogP contribution in [0.15, 0.2) is 18.2 Å². The Morgan fingerprint density at radius 1 is 1.56 bits per heavy atom. The molecule has 18 heavy (non-hydrogen) atoms. The molecule has 0 aliphatic heterocycles. The van der Waals surface area contributed by atoms with Crippen molar-refractivity contribution in [3.8, 4) is 5.75 Å². The fourth-order valence-electron chi connectivity index (χ4n) is 1.89. The second-order valence-corrected chi connectivity index (χ2v) is 4.11. The number of benzene rings is 1. The highest BCUT2D eigenvalue weighted by molar-refractivity contribution is 5.73. The lowest BCUT2D eigenvalue weighted by Crippen LogP contribution is -2.37. The van der Waals surface area contributed by atoms with Crippen LogP contribution in [0.2, 0.25) is 0 Å². The van der Waals surface area contributed by atoms with Gasteiger partial charge in [-0.2, -0.15) is 0 Å². The quantitative estimate of drug-likeness (QED) is 0.846. The van der Waals surface area contributed by atoms with Crippen molar-refractivity contribution in [2.24, 2.45) is 0 Å². The van der Waals surface area contributed by atoms with Gasteiger partial charge in [-0.25, -0.2) is 4.39 Å². The van der Waals surface area contributed by atoms with Crippen LogP contribution in [0.25, 0.3) is 0 Å². The smallest absolute Gasteiger partial charge is 0.320 e. The molecule has 1 atom stereocenters. The highest BCUT2D eigenvalue weighted by Crippen LogP contribution is 2.21. The van der Waals surface area contributed by atoms with Crippen LogP contribution in [-0.4, -0.2) is 36.2 Å². The highest BCUT2D eigenvalue weighted by Gasteiger charge is 2.21. The molecule has 1 rings (SSSR count). The molecule has 0 spiro atoms. The number of carboxylic acid groups (broad SMARTS) is 1. The lowest BCUT2D eigenvalue weighted by Gasteiger charge is -2.23. The minimum atomic E-state index is -0.900. The molecule has 100 valence electrons. The first kappa shape index (κ1) is 14.4. The maximum absolute atomic E-state index is 13.9. The standard InChI is InChI=1S/C13H18FNO3/c1-4-10(13(16)17)15(2)8-9-6-5-7-11(18-3)12(9)14/h5-7,10H,4,8H2,1-3H3,(H,16,17). The minimum absolute atomic E-state index is 0.171. The third-order valence-corrected chi connectivity index (χ3v) is 2.89. The van der Waals surface area contributed by atoms with Gasteiger partial charge in [-0.3, -0.25) is 9.69 Å². The van der Waals surface area contributed by atoms with E-state index in [1.165, 1.54) is 13.2 Å². The molecule has 0 radical (unpaired) electrons. The van der Waals surface area contributed by atoms with E-state index in [9.17, 15) is 9.18 Å². The van der Waals surface area contributed by atoms with Crippen molar-refractivity contribution in [2.75, 3.05) is 14.2 Å². The fraction of sp³-hybridized carbons (Fsp3) is 0.462. The second-order valence-electron chi connectivity index (χ2n) is 4.11. The molecule has 4 nitrogen and oxygen atoms in total. The Morgan fingerprint density at radius 3 is 2.72 bits per heavy atom. The minimum Gasteiger partial charge on any atom is -0.494 e. The van der Waals surface area contributed by atoms with Gasteiger partial charge in [-0.1, -0.05) is 19.1 Å². The number of ether oxygens (including phenoxy) is 1.